The van der Waals surface area contributed by atoms with Crippen LogP contribution < -0.4 is 26.6 Å². The summed E-state index contributed by atoms with van der Waals surface area (Å²) in [5.74, 6) is -3.65. The van der Waals surface area contributed by atoms with Gasteiger partial charge in [-0.15, -0.1) is 0 Å². The highest BCUT2D eigenvalue weighted by Gasteiger charge is 2.36. The lowest BCUT2D eigenvalue weighted by Crippen LogP contribution is -2.56. The first-order valence-corrected chi connectivity index (χ1v) is 13.5. The van der Waals surface area contributed by atoms with Crippen molar-refractivity contribution in [2.24, 2.45) is 5.92 Å². The van der Waals surface area contributed by atoms with E-state index in [-0.39, 0.29) is 30.4 Å². The van der Waals surface area contributed by atoms with Gasteiger partial charge in [-0.25, -0.2) is 0 Å². The van der Waals surface area contributed by atoms with Gasteiger partial charge in [-0.05, 0) is 31.2 Å². The summed E-state index contributed by atoms with van der Waals surface area (Å²) in [6.07, 6.45) is 7.41. The van der Waals surface area contributed by atoms with Crippen LogP contribution in [0, 0.1) is 11.3 Å². The first-order valence-electron chi connectivity index (χ1n) is 13.5. The standard InChI is InChI=1S/C28H38N6O5/c1-30-17-20(16-29)26(37)34-23(14-18-8-4-2-5-9-18)27(38)33-22(15-19-12-13-31-25(19)36)24(35)28(39)32-21-10-6-3-7-11-21/h2,4-5,8-9,16-17,19,21-23,29-30H,3,6-7,10-15H2,1H3,(H,31,36)(H,32,39)(H,33,38)(H,34,37)/b20-17+,29-16?/t19-,22-,23-/m0/s1. The van der Waals surface area contributed by atoms with E-state index in [0.29, 0.717) is 13.0 Å². The van der Waals surface area contributed by atoms with Crippen LogP contribution in [0.5, 0.6) is 0 Å². The Hall–Kier alpha value is -4.02. The van der Waals surface area contributed by atoms with E-state index in [1.165, 1.54) is 6.20 Å². The Kier molecular flexibility index (Phi) is 11.2. The second-order valence-corrected chi connectivity index (χ2v) is 9.99. The van der Waals surface area contributed by atoms with Gasteiger partial charge in [0.1, 0.15) is 6.04 Å². The summed E-state index contributed by atoms with van der Waals surface area (Å²) in [6, 6.07) is 6.60. The molecule has 0 unspecified atom stereocenters. The summed E-state index contributed by atoms with van der Waals surface area (Å²) < 4.78 is 0. The van der Waals surface area contributed by atoms with Crippen LogP contribution in [0.15, 0.2) is 42.1 Å². The van der Waals surface area contributed by atoms with Gasteiger partial charge in [-0.1, -0.05) is 49.6 Å². The fraction of sp³-hybridized carbons (Fsp3) is 0.500. The van der Waals surface area contributed by atoms with Crippen molar-refractivity contribution in [1.82, 2.24) is 26.6 Å². The normalized spacial score (nSPS) is 19.3. The van der Waals surface area contributed by atoms with E-state index in [9.17, 15) is 24.0 Å². The molecule has 0 radical (unpaired) electrons. The monoisotopic (exact) mass is 538 g/mol. The minimum Gasteiger partial charge on any atom is -0.393 e. The third-order valence-electron chi connectivity index (χ3n) is 7.10. The quantitative estimate of drug-likeness (QED) is 0.121. The van der Waals surface area contributed by atoms with Gasteiger partial charge in [0.15, 0.2) is 0 Å². The summed E-state index contributed by atoms with van der Waals surface area (Å²) >= 11 is 0. The maximum Gasteiger partial charge on any atom is 0.289 e. The van der Waals surface area contributed by atoms with E-state index in [0.717, 1.165) is 43.9 Å². The van der Waals surface area contributed by atoms with Crippen LogP contribution in [0.4, 0.5) is 0 Å². The van der Waals surface area contributed by atoms with Crippen molar-refractivity contribution in [3.05, 3.63) is 47.7 Å². The molecule has 2 aliphatic rings. The van der Waals surface area contributed by atoms with E-state index in [4.69, 9.17) is 5.41 Å². The molecule has 4 amide bonds. The molecule has 1 aromatic rings. The maximum absolute atomic E-state index is 13.5. The topological polar surface area (TPSA) is 169 Å². The Labute approximate surface area is 228 Å². The highest BCUT2D eigenvalue weighted by Crippen LogP contribution is 2.19. The van der Waals surface area contributed by atoms with E-state index in [1.54, 1.807) is 31.3 Å². The van der Waals surface area contributed by atoms with Gasteiger partial charge in [0.2, 0.25) is 17.6 Å². The van der Waals surface area contributed by atoms with Gasteiger partial charge in [-0.2, -0.15) is 0 Å². The third-order valence-corrected chi connectivity index (χ3v) is 7.10. The molecule has 3 rings (SSSR count). The highest BCUT2D eigenvalue weighted by atomic mass is 16.2. The Balaban J connectivity index is 1.80. The SMILES string of the molecule is CN/C=C(\C=N)C(=O)N[C@@H](Cc1ccccc1)C(=O)N[C@@H](C[C@@H]1CCNC1=O)C(=O)C(=O)NC1CCCCC1. The van der Waals surface area contributed by atoms with E-state index < -0.39 is 41.5 Å². The molecule has 6 N–H and O–H groups in total. The molecule has 1 heterocycles. The van der Waals surface area contributed by atoms with E-state index >= 15 is 0 Å². The first-order chi connectivity index (χ1) is 18.8. The van der Waals surface area contributed by atoms with Gasteiger partial charge >= 0.3 is 0 Å². The Bertz CT molecular complexity index is 1080. The molecule has 1 saturated carbocycles. The molecule has 11 nitrogen and oxygen atoms in total. The number of ketones is 1. The molecule has 0 bridgehead atoms. The number of hydrogen-bond donors (Lipinski definition) is 6. The van der Waals surface area contributed by atoms with Crippen molar-refractivity contribution in [2.45, 2.75) is 69.5 Å². The van der Waals surface area contributed by atoms with Gasteiger partial charge < -0.3 is 32.0 Å². The minimum atomic E-state index is -1.24. The largest absolute Gasteiger partial charge is 0.393 e. The molecule has 1 aliphatic heterocycles. The number of Topliss-reactive ketones (excluding diaryl/α,β-unsaturated/α-hetero) is 1. The van der Waals surface area contributed by atoms with Crippen LogP contribution in [0.2, 0.25) is 0 Å². The fourth-order valence-corrected chi connectivity index (χ4v) is 4.95. The van der Waals surface area contributed by atoms with Crippen LogP contribution in [-0.4, -0.2) is 67.3 Å². The molecular weight excluding hydrogens is 500 g/mol. The van der Waals surface area contributed by atoms with Crippen molar-refractivity contribution >= 4 is 35.6 Å². The second-order valence-electron chi connectivity index (χ2n) is 9.99. The van der Waals surface area contributed by atoms with Crippen molar-refractivity contribution < 1.29 is 24.0 Å². The number of nitrogens with one attached hydrogen (secondary N) is 6. The number of carbonyl (C=O) groups excluding carboxylic acids is 5. The molecule has 210 valence electrons. The maximum atomic E-state index is 13.5. The molecule has 3 atom stereocenters. The molecule has 1 aromatic carbocycles. The Morgan fingerprint density at radius 3 is 2.33 bits per heavy atom. The summed E-state index contributed by atoms with van der Waals surface area (Å²) in [4.78, 5) is 64.8. The summed E-state index contributed by atoms with van der Waals surface area (Å²) in [7, 11) is 1.58. The predicted molar refractivity (Wildman–Crippen MR) is 146 cm³/mol. The minimum absolute atomic E-state index is 0.00507. The first kappa shape index (κ1) is 29.5. The Morgan fingerprint density at radius 2 is 1.72 bits per heavy atom. The molecule has 1 saturated heterocycles. The predicted octanol–water partition coefficient (Wildman–Crippen LogP) is 0.496. The Morgan fingerprint density at radius 1 is 1.00 bits per heavy atom. The zero-order valence-electron chi connectivity index (χ0n) is 22.3. The average Bonchev–Trinajstić information content (AvgIpc) is 3.35. The molecular formula is C28H38N6O5. The van der Waals surface area contributed by atoms with Gasteiger partial charge in [0, 0.05) is 44.4 Å². The van der Waals surface area contributed by atoms with Crippen LogP contribution in [0.1, 0.15) is 50.5 Å². The van der Waals surface area contributed by atoms with Gasteiger partial charge in [-0.3, -0.25) is 24.0 Å². The van der Waals surface area contributed by atoms with Gasteiger partial charge in [0.25, 0.3) is 11.8 Å². The molecule has 0 spiro atoms. The van der Waals surface area contributed by atoms with Crippen molar-refractivity contribution in [1.29, 1.82) is 5.41 Å². The lowest BCUT2D eigenvalue weighted by molar-refractivity contribution is -0.141. The number of carbonyl (C=O) groups is 5. The average molecular weight is 539 g/mol. The van der Waals surface area contributed by atoms with Crippen molar-refractivity contribution in [3.63, 3.8) is 0 Å². The molecule has 0 aromatic heterocycles. The summed E-state index contributed by atoms with van der Waals surface area (Å²) in [5, 5.41) is 21.0. The fourth-order valence-electron chi connectivity index (χ4n) is 4.95. The van der Waals surface area contributed by atoms with E-state index in [2.05, 4.69) is 26.6 Å². The van der Waals surface area contributed by atoms with Crippen LogP contribution in [0.25, 0.3) is 0 Å². The van der Waals surface area contributed by atoms with Crippen molar-refractivity contribution in [2.75, 3.05) is 13.6 Å². The smallest absolute Gasteiger partial charge is 0.289 e. The summed E-state index contributed by atoms with van der Waals surface area (Å²) in [5.41, 5.74) is 0.769. The van der Waals surface area contributed by atoms with Crippen molar-refractivity contribution in [3.8, 4) is 0 Å². The number of hydrogen-bond acceptors (Lipinski definition) is 7. The molecule has 1 aliphatic carbocycles. The van der Waals surface area contributed by atoms with E-state index in [1.807, 2.05) is 6.07 Å². The lowest BCUT2D eigenvalue weighted by Gasteiger charge is -2.26. The zero-order chi connectivity index (χ0) is 28.2. The number of benzene rings is 1. The van der Waals surface area contributed by atoms with Crippen LogP contribution in [0.3, 0.4) is 0 Å². The highest BCUT2D eigenvalue weighted by molar-refractivity contribution is 6.38. The van der Waals surface area contributed by atoms with Crippen LogP contribution in [-0.2, 0) is 30.4 Å². The van der Waals surface area contributed by atoms with Gasteiger partial charge in [0.05, 0.1) is 11.6 Å². The molecule has 39 heavy (non-hydrogen) atoms. The number of amides is 4. The molecule has 11 heteroatoms. The lowest BCUT2D eigenvalue weighted by atomic mass is 9.93. The summed E-state index contributed by atoms with van der Waals surface area (Å²) in [6.45, 7) is 0.462. The number of rotatable bonds is 13. The molecule has 2 fully saturated rings. The second kappa shape index (κ2) is 14.8. The van der Waals surface area contributed by atoms with Crippen LogP contribution >= 0.6 is 0 Å². The zero-order valence-corrected chi connectivity index (χ0v) is 22.3. The third kappa shape index (κ3) is 8.76.